The SMILES string of the molecule is CSc1cccc(NC(=O)C(=O)NCC(c2cccs2)n2cccn2)c1. The molecule has 8 heteroatoms. The van der Waals surface area contributed by atoms with Crippen LogP contribution in [-0.2, 0) is 9.59 Å². The molecule has 2 N–H and O–H groups in total. The molecule has 3 aromatic rings. The van der Waals surface area contributed by atoms with Gasteiger partial charge < -0.3 is 10.6 Å². The van der Waals surface area contributed by atoms with Gasteiger partial charge in [0.2, 0.25) is 0 Å². The smallest absolute Gasteiger partial charge is 0.313 e. The molecule has 26 heavy (non-hydrogen) atoms. The van der Waals surface area contributed by atoms with Crippen LogP contribution in [0.25, 0.3) is 0 Å². The summed E-state index contributed by atoms with van der Waals surface area (Å²) in [5.74, 6) is -1.36. The van der Waals surface area contributed by atoms with E-state index in [0.717, 1.165) is 9.77 Å². The average molecular weight is 387 g/mol. The summed E-state index contributed by atoms with van der Waals surface area (Å²) in [6.45, 7) is 0.277. The number of carbonyl (C=O) groups excluding carboxylic acids is 2. The van der Waals surface area contributed by atoms with Crippen molar-refractivity contribution in [2.24, 2.45) is 0 Å². The van der Waals surface area contributed by atoms with E-state index < -0.39 is 11.8 Å². The molecule has 0 aliphatic carbocycles. The molecule has 2 amide bonds. The highest BCUT2D eigenvalue weighted by Gasteiger charge is 2.19. The van der Waals surface area contributed by atoms with Crippen molar-refractivity contribution in [3.63, 3.8) is 0 Å². The first-order valence-electron chi connectivity index (χ1n) is 7.93. The Kier molecular flexibility index (Phi) is 6.08. The van der Waals surface area contributed by atoms with Crippen LogP contribution in [0.1, 0.15) is 10.9 Å². The van der Waals surface area contributed by atoms with Gasteiger partial charge in [0.05, 0.1) is 0 Å². The molecule has 0 saturated carbocycles. The molecule has 134 valence electrons. The first kappa shape index (κ1) is 18.2. The van der Waals surface area contributed by atoms with E-state index in [9.17, 15) is 9.59 Å². The Hall–Kier alpha value is -2.58. The molecule has 2 aromatic heterocycles. The fraction of sp³-hybridized carbons (Fsp3) is 0.167. The van der Waals surface area contributed by atoms with Gasteiger partial charge in [0, 0.05) is 34.4 Å². The predicted molar refractivity (Wildman–Crippen MR) is 105 cm³/mol. The number of benzene rings is 1. The molecular weight excluding hydrogens is 368 g/mol. The van der Waals surface area contributed by atoms with Crippen LogP contribution in [0.15, 0.2) is 65.1 Å². The summed E-state index contributed by atoms with van der Waals surface area (Å²) >= 11 is 3.15. The lowest BCUT2D eigenvalue weighted by molar-refractivity contribution is -0.136. The van der Waals surface area contributed by atoms with Gasteiger partial charge in [-0.25, -0.2) is 0 Å². The number of carbonyl (C=O) groups is 2. The minimum atomic E-state index is -0.686. The largest absolute Gasteiger partial charge is 0.345 e. The summed E-state index contributed by atoms with van der Waals surface area (Å²) in [5, 5.41) is 11.5. The van der Waals surface area contributed by atoms with Crippen LogP contribution in [0, 0.1) is 0 Å². The first-order chi connectivity index (χ1) is 12.7. The van der Waals surface area contributed by atoms with E-state index >= 15 is 0 Å². The van der Waals surface area contributed by atoms with Gasteiger partial charge in [0.1, 0.15) is 6.04 Å². The zero-order valence-electron chi connectivity index (χ0n) is 14.1. The number of thiophene rings is 1. The molecule has 2 heterocycles. The zero-order valence-corrected chi connectivity index (χ0v) is 15.7. The molecule has 0 radical (unpaired) electrons. The van der Waals surface area contributed by atoms with Gasteiger partial charge in [0.15, 0.2) is 0 Å². The Labute approximate surface area is 159 Å². The summed E-state index contributed by atoms with van der Waals surface area (Å²) in [7, 11) is 0. The van der Waals surface area contributed by atoms with Crippen LogP contribution in [0.4, 0.5) is 5.69 Å². The number of thioether (sulfide) groups is 1. The zero-order chi connectivity index (χ0) is 18.4. The number of hydrogen-bond donors (Lipinski definition) is 2. The van der Waals surface area contributed by atoms with Crippen LogP contribution in [0.5, 0.6) is 0 Å². The monoisotopic (exact) mass is 386 g/mol. The van der Waals surface area contributed by atoms with Crippen molar-refractivity contribution in [3.05, 3.63) is 65.1 Å². The van der Waals surface area contributed by atoms with Crippen molar-refractivity contribution in [2.45, 2.75) is 10.9 Å². The van der Waals surface area contributed by atoms with E-state index in [1.165, 1.54) is 0 Å². The molecule has 1 unspecified atom stereocenters. The third kappa shape index (κ3) is 4.53. The van der Waals surface area contributed by atoms with Crippen LogP contribution in [0.2, 0.25) is 0 Å². The number of nitrogens with zero attached hydrogens (tertiary/aromatic N) is 2. The summed E-state index contributed by atoms with van der Waals surface area (Å²) < 4.78 is 1.77. The minimum absolute atomic E-state index is 0.151. The lowest BCUT2D eigenvalue weighted by Gasteiger charge is -2.17. The lowest BCUT2D eigenvalue weighted by Crippen LogP contribution is -2.38. The average Bonchev–Trinajstić information content (AvgIpc) is 3.36. The molecule has 0 saturated heterocycles. The van der Waals surface area contributed by atoms with Gasteiger partial charge >= 0.3 is 11.8 Å². The Morgan fingerprint density at radius 3 is 2.81 bits per heavy atom. The van der Waals surface area contributed by atoms with Crippen molar-refractivity contribution in [3.8, 4) is 0 Å². The Morgan fingerprint density at radius 1 is 1.23 bits per heavy atom. The topological polar surface area (TPSA) is 76.0 Å². The molecule has 0 bridgehead atoms. The van der Waals surface area contributed by atoms with Crippen molar-refractivity contribution < 1.29 is 9.59 Å². The van der Waals surface area contributed by atoms with E-state index in [2.05, 4.69) is 15.7 Å². The summed E-state index contributed by atoms with van der Waals surface area (Å²) in [6, 6.07) is 13.0. The van der Waals surface area contributed by atoms with Crippen molar-refractivity contribution in [1.29, 1.82) is 0 Å². The molecular formula is C18H18N4O2S2. The van der Waals surface area contributed by atoms with Gasteiger partial charge in [-0.05, 0) is 42.0 Å². The van der Waals surface area contributed by atoms with Crippen LogP contribution < -0.4 is 10.6 Å². The Bertz CT molecular complexity index is 829. The second-order valence-electron chi connectivity index (χ2n) is 5.41. The second-order valence-corrected chi connectivity index (χ2v) is 7.27. The number of hydrogen-bond acceptors (Lipinski definition) is 5. The molecule has 3 rings (SSSR count). The van der Waals surface area contributed by atoms with Gasteiger partial charge in [-0.1, -0.05) is 12.1 Å². The van der Waals surface area contributed by atoms with E-state index in [1.54, 1.807) is 40.0 Å². The number of anilines is 1. The quantitative estimate of drug-likeness (QED) is 0.504. The predicted octanol–water partition coefficient (Wildman–Crippen LogP) is 3.01. The summed E-state index contributed by atoms with van der Waals surface area (Å²) in [6.07, 6.45) is 5.48. The van der Waals surface area contributed by atoms with Gasteiger partial charge in [0.25, 0.3) is 0 Å². The molecule has 6 nitrogen and oxygen atoms in total. The maximum absolute atomic E-state index is 12.2. The molecule has 0 aliphatic heterocycles. The minimum Gasteiger partial charge on any atom is -0.345 e. The summed E-state index contributed by atoms with van der Waals surface area (Å²) in [4.78, 5) is 26.4. The van der Waals surface area contributed by atoms with Crippen LogP contribution in [-0.4, -0.2) is 34.4 Å². The van der Waals surface area contributed by atoms with Gasteiger partial charge in [-0.15, -0.1) is 23.1 Å². The van der Waals surface area contributed by atoms with Crippen molar-refractivity contribution >= 4 is 40.6 Å². The fourth-order valence-corrected chi connectivity index (χ4v) is 3.71. The fourth-order valence-electron chi connectivity index (χ4n) is 2.43. The van der Waals surface area contributed by atoms with E-state index in [0.29, 0.717) is 5.69 Å². The van der Waals surface area contributed by atoms with Gasteiger partial charge in [-0.3, -0.25) is 14.3 Å². The lowest BCUT2D eigenvalue weighted by atomic mass is 10.2. The van der Waals surface area contributed by atoms with Gasteiger partial charge in [-0.2, -0.15) is 5.10 Å². The van der Waals surface area contributed by atoms with Crippen LogP contribution >= 0.6 is 23.1 Å². The van der Waals surface area contributed by atoms with Crippen molar-refractivity contribution in [1.82, 2.24) is 15.1 Å². The van der Waals surface area contributed by atoms with E-state index in [4.69, 9.17) is 0 Å². The summed E-state index contributed by atoms with van der Waals surface area (Å²) in [5.41, 5.74) is 0.596. The third-order valence-electron chi connectivity index (χ3n) is 3.71. The Balaban J connectivity index is 1.62. The molecule has 0 fully saturated rings. The van der Waals surface area contributed by atoms with E-state index in [-0.39, 0.29) is 12.6 Å². The standard InChI is InChI=1S/C18H18N4O2S2/c1-25-14-6-2-5-13(11-14)21-18(24)17(23)19-12-15(16-7-3-10-26-16)22-9-4-8-20-22/h2-11,15H,12H2,1H3,(H,19,23)(H,21,24). The molecule has 0 aliphatic rings. The normalized spacial score (nSPS) is 11.7. The number of aromatic nitrogens is 2. The number of rotatable bonds is 6. The molecule has 1 aromatic carbocycles. The second kappa shape index (κ2) is 8.68. The first-order valence-corrected chi connectivity index (χ1v) is 10.0. The highest BCUT2D eigenvalue weighted by molar-refractivity contribution is 7.98. The third-order valence-corrected chi connectivity index (χ3v) is 5.40. The van der Waals surface area contributed by atoms with Crippen LogP contribution in [0.3, 0.4) is 0 Å². The maximum atomic E-state index is 12.2. The highest BCUT2D eigenvalue weighted by atomic mass is 32.2. The molecule has 1 atom stereocenters. The highest BCUT2D eigenvalue weighted by Crippen LogP contribution is 2.22. The number of nitrogens with one attached hydrogen (secondary N) is 2. The van der Waals surface area contributed by atoms with E-state index in [1.807, 2.05) is 54.2 Å². The Morgan fingerprint density at radius 2 is 2.12 bits per heavy atom. The van der Waals surface area contributed by atoms with Crippen molar-refractivity contribution in [2.75, 3.05) is 18.1 Å². The number of amides is 2. The molecule has 0 spiro atoms. The maximum Gasteiger partial charge on any atom is 0.313 e.